The first-order chi connectivity index (χ1) is 4.83. The topological polar surface area (TPSA) is 49.7 Å². The highest BCUT2D eigenvalue weighted by Crippen LogP contribution is 2.16. The summed E-state index contributed by atoms with van der Waals surface area (Å²) in [4.78, 5) is 0. The predicted octanol–water partition coefficient (Wildman–Crippen LogP) is 0.114. The minimum atomic E-state index is -0.600. The molecule has 0 aromatic rings. The molecule has 0 aromatic carbocycles. The molecular formula is C7H14O3. The Labute approximate surface area is 60.6 Å². The number of aliphatic hydroxyl groups excluding tert-OH is 2. The van der Waals surface area contributed by atoms with Gasteiger partial charge in [-0.1, -0.05) is 0 Å². The van der Waals surface area contributed by atoms with Gasteiger partial charge in [0.25, 0.3) is 0 Å². The number of hydrogen-bond donors (Lipinski definition) is 2. The van der Waals surface area contributed by atoms with Crippen molar-refractivity contribution >= 4 is 0 Å². The van der Waals surface area contributed by atoms with Crippen LogP contribution in [0, 0.1) is 5.92 Å². The standard InChI is InChI=1S/C7H14O3/c8-4-6-2-1-3-7(9)10-5-6/h6-9H,1-5H2. The third-order valence-electron chi connectivity index (χ3n) is 1.85. The van der Waals surface area contributed by atoms with Crippen LogP contribution in [0.2, 0.25) is 0 Å². The minimum absolute atomic E-state index is 0.173. The first-order valence-electron chi connectivity index (χ1n) is 3.73. The average molecular weight is 146 g/mol. The summed E-state index contributed by atoms with van der Waals surface area (Å²) in [7, 11) is 0. The van der Waals surface area contributed by atoms with Crippen molar-refractivity contribution in [1.82, 2.24) is 0 Å². The minimum Gasteiger partial charge on any atom is -0.396 e. The Morgan fingerprint density at radius 2 is 2.20 bits per heavy atom. The van der Waals surface area contributed by atoms with Gasteiger partial charge in [-0.3, -0.25) is 0 Å². The van der Waals surface area contributed by atoms with Gasteiger partial charge in [-0.15, -0.1) is 0 Å². The van der Waals surface area contributed by atoms with E-state index in [9.17, 15) is 0 Å². The molecule has 0 saturated carbocycles. The molecule has 1 rings (SSSR count). The third kappa shape index (κ3) is 2.25. The molecule has 2 N–H and O–H groups in total. The fourth-order valence-corrected chi connectivity index (χ4v) is 1.14. The van der Waals surface area contributed by atoms with Gasteiger partial charge in [-0.25, -0.2) is 0 Å². The molecule has 1 aliphatic rings. The molecule has 10 heavy (non-hydrogen) atoms. The van der Waals surface area contributed by atoms with E-state index >= 15 is 0 Å². The molecule has 0 aliphatic carbocycles. The van der Waals surface area contributed by atoms with Gasteiger partial charge in [0, 0.05) is 12.5 Å². The molecule has 3 heteroatoms. The third-order valence-corrected chi connectivity index (χ3v) is 1.85. The van der Waals surface area contributed by atoms with E-state index in [1.54, 1.807) is 0 Å². The van der Waals surface area contributed by atoms with Gasteiger partial charge in [0.2, 0.25) is 0 Å². The van der Waals surface area contributed by atoms with E-state index in [1.807, 2.05) is 0 Å². The number of hydrogen-bond acceptors (Lipinski definition) is 3. The lowest BCUT2D eigenvalue weighted by molar-refractivity contribution is -0.105. The molecule has 2 atom stereocenters. The Bertz CT molecular complexity index is 94.9. The monoisotopic (exact) mass is 146 g/mol. The molecule has 1 heterocycles. The Hall–Kier alpha value is -0.120. The zero-order valence-corrected chi connectivity index (χ0v) is 5.99. The van der Waals surface area contributed by atoms with Gasteiger partial charge in [-0.05, 0) is 19.3 Å². The molecule has 2 unspecified atom stereocenters. The van der Waals surface area contributed by atoms with Crippen molar-refractivity contribution in [2.24, 2.45) is 5.92 Å². The molecule has 3 nitrogen and oxygen atoms in total. The summed E-state index contributed by atoms with van der Waals surface area (Å²) in [5, 5.41) is 17.7. The maximum absolute atomic E-state index is 9.00. The van der Waals surface area contributed by atoms with E-state index in [0.717, 1.165) is 12.8 Å². The first-order valence-corrected chi connectivity index (χ1v) is 3.73. The van der Waals surface area contributed by atoms with Gasteiger partial charge in [0.15, 0.2) is 6.29 Å². The molecule has 0 aromatic heterocycles. The molecule has 0 radical (unpaired) electrons. The average Bonchev–Trinajstić information content (AvgIpc) is 2.14. The lowest BCUT2D eigenvalue weighted by Gasteiger charge is -2.09. The van der Waals surface area contributed by atoms with Crippen LogP contribution in [0.5, 0.6) is 0 Å². The number of rotatable bonds is 1. The van der Waals surface area contributed by atoms with E-state index < -0.39 is 6.29 Å². The van der Waals surface area contributed by atoms with Crippen LogP contribution in [0.1, 0.15) is 19.3 Å². The van der Waals surface area contributed by atoms with Gasteiger partial charge in [-0.2, -0.15) is 0 Å². The molecule has 1 fully saturated rings. The van der Waals surface area contributed by atoms with Crippen LogP contribution in [0.15, 0.2) is 0 Å². The van der Waals surface area contributed by atoms with Gasteiger partial charge < -0.3 is 14.9 Å². The SMILES string of the molecule is OCC1CCCC(O)OC1. The molecule has 1 aliphatic heterocycles. The second kappa shape index (κ2) is 3.91. The Kier molecular flexibility index (Phi) is 3.12. The van der Waals surface area contributed by atoms with Crippen LogP contribution in [-0.2, 0) is 4.74 Å². The summed E-state index contributed by atoms with van der Waals surface area (Å²) < 4.78 is 5.00. The van der Waals surface area contributed by atoms with Crippen LogP contribution in [0.25, 0.3) is 0 Å². The summed E-state index contributed by atoms with van der Waals surface area (Å²) in [6.45, 7) is 0.671. The van der Waals surface area contributed by atoms with Gasteiger partial charge in [0.05, 0.1) is 6.61 Å². The van der Waals surface area contributed by atoms with Crippen LogP contribution in [0.3, 0.4) is 0 Å². The second-order valence-electron chi connectivity index (χ2n) is 2.77. The quantitative estimate of drug-likeness (QED) is 0.552. The highest BCUT2D eigenvalue weighted by molar-refractivity contribution is 4.61. The number of aliphatic hydroxyl groups is 2. The van der Waals surface area contributed by atoms with Gasteiger partial charge >= 0.3 is 0 Å². The van der Waals surface area contributed by atoms with Gasteiger partial charge in [0.1, 0.15) is 0 Å². The summed E-state index contributed by atoms with van der Waals surface area (Å²) in [6, 6.07) is 0. The highest BCUT2D eigenvalue weighted by atomic mass is 16.6. The number of ether oxygens (including phenoxy) is 1. The molecule has 0 spiro atoms. The smallest absolute Gasteiger partial charge is 0.154 e. The van der Waals surface area contributed by atoms with Crippen molar-refractivity contribution in [3.63, 3.8) is 0 Å². The van der Waals surface area contributed by atoms with Crippen molar-refractivity contribution in [2.45, 2.75) is 25.6 Å². The first kappa shape index (κ1) is 7.98. The van der Waals surface area contributed by atoms with Crippen LogP contribution < -0.4 is 0 Å². The highest BCUT2D eigenvalue weighted by Gasteiger charge is 2.15. The molecule has 1 saturated heterocycles. The second-order valence-corrected chi connectivity index (χ2v) is 2.77. The fraction of sp³-hybridized carbons (Fsp3) is 1.00. The summed E-state index contributed by atoms with van der Waals surface area (Å²) in [5.41, 5.74) is 0. The lowest BCUT2D eigenvalue weighted by Crippen LogP contribution is -2.15. The maximum Gasteiger partial charge on any atom is 0.154 e. The summed E-state index contributed by atoms with van der Waals surface area (Å²) >= 11 is 0. The van der Waals surface area contributed by atoms with E-state index in [-0.39, 0.29) is 12.5 Å². The van der Waals surface area contributed by atoms with E-state index in [1.165, 1.54) is 0 Å². The van der Waals surface area contributed by atoms with Crippen molar-refractivity contribution in [1.29, 1.82) is 0 Å². The van der Waals surface area contributed by atoms with Crippen LogP contribution in [0.4, 0.5) is 0 Å². The molecule has 0 amide bonds. The molecule has 0 bridgehead atoms. The predicted molar refractivity (Wildman–Crippen MR) is 36.4 cm³/mol. The van der Waals surface area contributed by atoms with Crippen LogP contribution >= 0.6 is 0 Å². The van der Waals surface area contributed by atoms with E-state index in [4.69, 9.17) is 14.9 Å². The Balaban J connectivity index is 2.26. The van der Waals surface area contributed by atoms with Crippen molar-refractivity contribution in [2.75, 3.05) is 13.2 Å². The fourth-order valence-electron chi connectivity index (χ4n) is 1.14. The maximum atomic E-state index is 9.00. The lowest BCUT2D eigenvalue weighted by atomic mass is 10.1. The van der Waals surface area contributed by atoms with Crippen molar-refractivity contribution in [3.8, 4) is 0 Å². The van der Waals surface area contributed by atoms with E-state index in [0.29, 0.717) is 13.0 Å². The summed E-state index contributed by atoms with van der Waals surface area (Å²) in [6.07, 6.45) is 2.02. The molecule has 60 valence electrons. The zero-order chi connectivity index (χ0) is 7.40. The largest absolute Gasteiger partial charge is 0.396 e. The van der Waals surface area contributed by atoms with E-state index in [2.05, 4.69) is 0 Å². The summed E-state index contributed by atoms with van der Waals surface area (Å²) in [5.74, 6) is 0.233. The van der Waals surface area contributed by atoms with Crippen molar-refractivity contribution < 1.29 is 14.9 Å². The normalized spacial score (nSPS) is 35.4. The Morgan fingerprint density at radius 3 is 2.90 bits per heavy atom. The zero-order valence-electron chi connectivity index (χ0n) is 5.99. The Morgan fingerprint density at radius 1 is 1.40 bits per heavy atom. The molecular weight excluding hydrogens is 132 g/mol. The van der Waals surface area contributed by atoms with Crippen molar-refractivity contribution in [3.05, 3.63) is 0 Å². The van der Waals surface area contributed by atoms with Crippen LogP contribution in [-0.4, -0.2) is 29.7 Å².